The zero-order chi connectivity index (χ0) is 13.0. The summed E-state index contributed by atoms with van der Waals surface area (Å²) < 4.78 is 2.29. The van der Waals surface area contributed by atoms with Crippen LogP contribution in [-0.4, -0.2) is 15.6 Å². The number of unbranched alkanes of at least 4 members (excludes halogenated alkanes) is 1. The molecule has 3 heteroatoms. The first-order chi connectivity index (χ1) is 8.70. The number of aryl methyl sites for hydroxylation is 2. The first-order valence-electron chi connectivity index (χ1n) is 7.51. The van der Waals surface area contributed by atoms with Crippen LogP contribution in [0.5, 0.6) is 0 Å². The minimum Gasteiger partial charge on any atom is -0.353 e. The molecule has 0 aliphatic heterocycles. The predicted molar refractivity (Wildman–Crippen MR) is 76.9 cm³/mol. The average Bonchev–Trinajstić information content (AvgIpc) is 2.70. The van der Waals surface area contributed by atoms with Gasteiger partial charge >= 0.3 is 0 Å². The van der Waals surface area contributed by atoms with Gasteiger partial charge < -0.3 is 9.88 Å². The van der Waals surface area contributed by atoms with E-state index in [4.69, 9.17) is 0 Å². The summed E-state index contributed by atoms with van der Waals surface area (Å²) in [5, 5.41) is 3.68. The lowest BCUT2D eigenvalue weighted by molar-refractivity contribution is 0.347. The maximum absolute atomic E-state index is 4.64. The van der Waals surface area contributed by atoms with Crippen molar-refractivity contribution in [3.63, 3.8) is 0 Å². The lowest BCUT2D eigenvalue weighted by atomic mass is 9.86. The summed E-state index contributed by atoms with van der Waals surface area (Å²) in [4.78, 5) is 4.64. The topological polar surface area (TPSA) is 29.9 Å². The van der Waals surface area contributed by atoms with Crippen LogP contribution in [0.3, 0.4) is 0 Å². The number of imidazole rings is 1. The number of anilines is 1. The van der Waals surface area contributed by atoms with E-state index in [1.807, 2.05) is 0 Å². The highest BCUT2D eigenvalue weighted by molar-refractivity contribution is 5.30. The van der Waals surface area contributed by atoms with Crippen LogP contribution in [0.4, 0.5) is 5.95 Å². The van der Waals surface area contributed by atoms with E-state index in [0.717, 1.165) is 24.1 Å². The highest BCUT2D eigenvalue weighted by Gasteiger charge is 2.22. The highest BCUT2D eigenvalue weighted by atomic mass is 15.2. The van der Waals surface area contributed by atoms with Crippen LogP contribution >= 0.6 is 0 Å². The van der Waals surface area contributed by atoms with E-state index in [9.17, 15) is 0 Å². The fourth-order valence-corrected chi connectivity index (χ4v) is 2.86. The summed E-state index contributed by atoms with van der Waals surface area (Å²) >= 11 is 0. The molecule has 0 aromatic carbocycles. The van der Waals surface area contributed by atoms with Gasteiger partial charge in [-0.1, -0.05) is 33.1 Å². The van der Waals surface area contributed by atoms with Crippen LogP contribution in [0.25, 0.3) is 0 Å². The molecule has 2 atom stereocenters. The van der Waals surface area contributed by atoms with Crippen molar-refractivity contribution in [2.45, 2.75) is 71.9 Å². The second kappa shape index (κ2) is 6.26. The van der Waals surface area contributed by atoms with Gasteiger partial charge in [0, 0.05) is 18.8 Å². The molecule has 3 nitrogen and oxygen atoms in total. The van der Waals surface area contributed by atoms with E-state index in [2.05, 4.69) is 41.8 Å². The van der Waals surface area contributed by atoms with E-state index in [0.29, 0.717) is 6.04 Å². The van der Waals surface area contributed by atoms with Gasteiger partial charge in [0.05, 0.1) is 5.69 Å². The van der Waals surface area contributed by atoms with Crippen LogP contribution in [0.15, 0.2) is 6.20 Å². The molecular weight excluding hydrogens is 222 g/mol. The van der Waals surface area contributed by atoms with E-state index in [-0.39, 0.29) is 0 Å². The number of hydrogen-bond acceptors (Lipinski definition) is 2. The second-order valence-electron chi connectivity index (χ2n) is 5.77. The van der Waals surface area contributed by atoms with Gasteiger partial charge in [-0.05, 0) is 32.1 Å². The van der Waals surface area contributed by atoms with Crippen LogP contribution in [0, 0.1) is 12.8 Å². The van der Waals surface area contributed by atoms with Gasteiger partial charge in [-0.25, -0.2) is 4.98 Å². The number of rotatable bonds is 5. The third-order valence-corrected chi connectivity index (χ3v) is 4.08. The Bertz CT molecular complexity index is 370. The molecule has 18 heavy (non-hydrogen) atoms. The average molecular weight is 249 g/mol. The second-order valence-corrected chi connectivity index (χ2v) is 5.77. The van der Waals surface area contributed by atoms with Crippen LogP contribution in [0.2, 0.25) is 0 Å². The van der Waals surface area contributed by atoms with Crippen molar-refractivity contribution >= 4 is 5.95 Å². The fraction of sp³-hybridized carbons (Fsp3) is 0.800. The summed E-state index contributed by atoms with van der Waals surface area (Å²) in [5.74, 6) is 1.86. The summed E-state index contributed by atoms with van der Waals surface area (Å²) in [6, 6.07) is 0.612. The smallest absolute Gasteiger partial charge is 0.203 e. The van der Waals surface area contributed by atoms with Crippen molar-refractivity contribution in [2.24, 2.45) is 5.92 Å². The summed E-state index contributed by atoms with van der Waals surface area (Å²) in [7, 11) is 0. The van der Waals surface area contributed by atoms with Gasteiger partial charge in [0.25, 0.3) is 0 Å². The Morgan fingerprint density at radius 2 is 2.17 bits per heavy atom. The van der Waals surface area contributed by atoms with Gasteiger partial charge in [0.1, 0.15) is 0 Å². The van der Waals surface area contributed by atoms with Crippen molar-refractivity contribution in [1.29, 1.82) is 0 Å². The van der Waals surface area contributed by atoms with E-state index >= 15 is 0 Å². The Morgan fingerprint density at radius 1 is 1.39 bits per heavy atom. The van der Waals surface area contributed by atoms with Crippen molar-refractivity contribution in [3.8, 4) is 0 Å². The Kier molecular flexibility index (Phi) is 4.67. The summed E-state index contributed by atoms with van der Waals surface area (Å²) in [5.41, 5.74) is 1.12. The van der Waals surface area contributed by atoms with Crippen LogP contribution in [0.1, 0.15) is 58.1 Å². The largest absolute Gasteiger partial charge is 0.353 e. The van der Waals surface area contributed by atoms with Crippen LogP contribution < -0.4 is 5.32 Å². The summed E-state index contributed by atoms with van der Waals surface area (Å²) in [6.07, 6.45) is 10.0. The molecule has 1 N–H and O–H groups in total. The minimum absolute atomic E-state index is 0.612. The molecule has 0 bridgehead atoms. The molecule has 1 aromatic heterocycles. The fourth-order valence-electron chi connectivity index (χ4n) is 2.86. The number of nitrogens with one attached hydrogen (secondary N) is 1. The van der Waals surface area contributed by atoms with E-state index in [1.165, 1.54) is 38.5 Å². The molecule has 2 unspecified atom stereocenters. The molecular formula is C15H27N3. The zero-order valence-electron chi connectivity index (χ0n) is 12.1. The number of hydrogen-bond donors (Lipinski definition) is 1. The molecule has 0 spiro atoms. The van der Waals surface area contributed by atoms with Gasteiger partial charge in [-0.15, -0.1) is 0 Å². The van der Waals surface area contributed by atoms with Crippen LogP contribution in [-0.2, 0) is 6.54 Å². The van der Waals surface area contributed by atoms with Crippen molar-refractivity contribution in [1.82, 2.24) is 9.55 Å². The number of nitrogens with zero attached hydrogens (tertiary/aromatic N) is 2. The SMILES string of the molecule is CCCCn1cc(C)nc1NC1CCCCC1C. The van der Waals surface area contributed by atoms with Gasteiger partial charge in [0.15, 0.2) is 0 Å². The Balaban J connectivity index is 2.02. The number of aromatic nitrogens is 2. The molecule has 102 valence electrons. The quantitative estimate of drug-likeness (QED) is 0.855. The highest BCUT2D eigenvalue weighted by Crippen LogP contribution is 2.26. The molecule has 1 aliphatic carbocycles. The normalized spacial score (nSPS) is 24.2. The van der Waals surface area contributed by atoms with E-state index < -0.39 is 0 Å². The molecule has 1 fully saturated rings. The third-order valence-electron chi connectivity index (χ3n) is 4.08. The van der Waals surface area contributed by atoms with Gasteiger partial charge in [0.2, 0.25) is 5.95 Å². The minimum atomic E-state index is 0.612. The zero-order valence-corrected chi connectivity index (χ0v) is 12.1. The first-order valence-corrected chi connectivity index (χ1v) is 7.51. The molecule has 1 heterocycles. The van der Waals surface area contributed by atoms with E-state index in [1.54, 1.807) is 0 Å². The maximum atomic E-state index is 4.64. The molecule has 1 saturated carbocycles. The Morgan fingerprint density at radius 3 is 2.89 bits per heavy atom. The van der Waals surface area contributed by atoms with Gasteiger partial charge in [-0.2, -0.15) is 0 Å². The van der Waals surface area contributed by atoms with Crippen molar-refractivity contribution < 1.29 is 0 Å². The molecule has 0 radical (unpaired) electrons. The molecule has 1 aromatic rings. The van der Waals surface area contributed by atoms with Gasteiger partial charge in [-0.3, -0.25) is 0 Å². The lowest BCUT2D eigenvalue weighted by Crippen LogP contribution is -2.31. The Hall–Kier alpha value is -0.990. The first kappa shape index (κ1) is 13.4. The molecule has 0 amide bonds. The monoisotopic (exact) mass is 249 g/mol. The molecule has 2 rings (SSSR count). The summed E-state index contributed by atoms with van der Waals surface area (Å²) in [6.45, 7) is 7.77. The third kappa shape index (κ3) is 3.27. The lowest BCUT2D eigenvalue weighted by Gasteiger charge is -2.30. The standard InChI is InChI=1S/C15H27N3/c1-4-5-10-18-11-13(3)16-15(18)17-14-9-7-6-8-12(14)2/h11-12,14H,4-10H2,1-3H3,(H,16,17). The maximum Gasteiger partial charge on any atom is 0.203 e. The van der Waals surface area contributed by atoms with Crippen molar-refractivity contribution in [3.05, 3.63) is 11.9 Å². The van der Waals surface area contributed by atoms with Crippen molar-refractivity contribution in [2.75, 3.05) is 5.32 Å². The molecule has 0 saturated heterocycles. The predicted octanol–water partition coefficient (Wildman–Crippen LogP) is 3.98. The Labute approximate surface area is 111 Å². The molecule has 1 aliphatic rings.